The van der Waals surface area contributed by atoms with Gasteiger partial charge in [-0.25, -0.2) is 4.39 Å². The molecule has 0 aliphatic carbocycles. The number of aldehydes is 1. The van der Waals surface area contributed by atoms with Gasteiger partial charge in [0.1, 0.15) is 12.1 Å². The summed E-state index contributed by atoms with van der Waals surface area (Å²) in [7, 11) is 0. The van der Waals surface area contributed by atoms with Crippen molar-refractivity contribution < 1.29 is 9.18 Å². The van der Waals surface area contributed by atoms with Gasteiger partial charge in [0.05, 0.1) is 0 Å². The van der Waals surface area contributed by atoms with Crippen molar-refractivity contribution in [3.05, 3.63) is 30.1 Å². The normalized spacial score (nSPS) is 17.8. The maximum atomic E-state index is 12.7. The van der Waals surface area contributed by atoms with Crippen LogP contribution in [0.4, 0.5) is 4.39 Å². The molecule has 18 heavy (non-hydrogen) atoms. The molecule has 0 amide bonds. The maximum absolute atomic E-state index is 12.7. The van der Waals surface area contributed by atoms with Crippen LogP contribution in [0.15, 0.2) is 29.2 Å². The summed E-state index contributed by atoms with van der Waals surface area (Å²) < 4.78 is 12.7. The van der Waals surface area contributed by atoms with Gasteiger partial charge in [-0.3, -0.25) is 0 Å². The highest BCUT2D eigenvalue weighted by atomic mass is 32.2. The van der Waals surface area contributed by atoms with Crippen molar-refractivity contribution >= 4 is 18.0 Å². The van der Waals surface area contributed by atoms with Crippen LogP contribution in [0.5, 0.6) is 0 Å². The minimum atomic E-state index is -0.185. The number of carbonyl (C=O) groups excluding carboxylic acids is 1. The number of hydrogen-bond donors (Lipinski definition) is 0. The Labute approximate surface area is 112 Å². The third-order valence-corrected chi connectivity index (χ3v) is 4.31. The molecule has 2 rings (SSSR count). The average Bonchev–Trinajstić information content (AvgIpc) is 2.42. The van der Waals surface area contributed by atoms with Crippen LogP contribution in [0.25, 0.3) is 0 Å². The topological polar surface area (TPSA) is 20.3 Å². The minimum Gasteiger partial charge on any atom is -0.303 e. The van der Waals surface area contributed by atoms with E-state index >= 15 is 0 Å². The van der Waals surface area contributed by atoms with Gasteiger partial charge in [0.15, 0.2) is 0 Å². The molecule has 0 N–H and O–H groups in total. The molecular weight excluding hydrogens is 249 g/mol. The molecule has 1 heterocycles. The molecule has 0 bridgehead atoms. The number of thioether (sulfide) groups is 1. The van der Waals surface area contributed by atoms with Crippen molar-refractivity contribution in [1.82, 2.24) is 4.90 Å². The van der Waals surface area contributed by atoms with E-state index in [-0.39, 0.29) is 11.7 Å². The number of rotatable bonds is 5. The number of hydrogen-bond acceptors (Lipinski definition) is 3. The standard InChI is InChI=1S/C14H18FNOS/c15-13-1-3-14(4-2-13)18-10-9-16-7-5-12(11-17)6-8-16/h1-4,11-12H,5-10H2. The molecule has 98 valence electrons. The van der Waals surface area contributed by atoms with Crippen molar-refractivity contribution in [2.45, 2.75) is 17.7 Å². The Morgan fingerprint density at radius 2 is 1.94 bits per heavy atom. The molecule has 4 heteroatoms. The zero-order valence-corrected chi connectivity index (χ0v) is 11.2. The van der Waals surface area contributed by atoms with Crippen LogP contribution >= 0.6 is 11.8 Å². The van der Waals surface area contributed by atoms with Crippen molar-refractivity contribution in [1.29, 1.82) is 0 Å². The van der Waals surface area contributed by atoms with Gasteiger partial charge in [-0.15, -0.1) is 11.8 Å². The third-order valence-electron chi connectivity index (χ3n) is 3.31. The summed E-state index contributed by atoms with van der Waals surface area (Å²) in [5.74, 6) is 1.10. The number of piperidine rings is 1. The lowest BCUT2D eigenvalue weighted by molar-refractivity contribution is -0.112. The Morgan fingerprint density at radius 1 is 1.28 bits per heavy atom. The fourth-order valence-corrected chi connectivity index (χ4v) is 3.05. The molecule has 1 fully saturated rings. The summed E-state index contributed by atoms with van der Waals surface area (Å²) in [6.45, 7) is 3.08. The first-order valence-corrected chi connectivity index (χ1v) is 7.32. The molecular formula is C14H18FNOS. The van der Waals surface area contributed by atoms with Gasteiger partial charge < -0.3 is 9.69 Å². The first kappa shape index (κ1) is 13.6. The van der Waals surface area contributed by atoms with Gasteiger partial charge in [-0.1, -0.05) is 0 Å². The summed E-state index contributed by atoms with van der Waals surface area (Å²) in [5, 5.41) is 0. The minimum absolute atomic E-state index is 0.185. The van der Waals surface area contributed by atoms with Crippen molar-refractivity contribution in [3.63, 3.8) is 0 Å². The van der Waals surface area contributed by atoms with E-state index in [0.717, 1.165) is 49.4 Å². The summed E-state index contributed by atoms with van der Waals surface area (Å²) in [5.41, 5.74) is 0. The Bertz CT molecular complexity index is 374. The first-order valence-electron chi connectivity index (χ1n) is 6.34. The Morgan fingerprint density at radius 3 is 2.56 bits per heavy atom. The monoisotopic (exact) mass is 267 g/mol. The van der Waals surface area contributed by atoms with Gasteiger partial charge in [-0.2, -0.15) is 0 Å². The smallest absolute Gasteiger partial charge is 0.123 e. The van der Waals surface area contributed by atoms with Crippen LogP contribution in [-0.2, 0) is 4.79 Å². The van der Waals surface area contributed by atoms with E-state index < -0.39 is 0 Å². The zero-order valence-electron chi connectivity index (χ0n) is 10.3. The summed E-state index contributed by atoms with van der Waals surface area (Å²) >= 11 is 1.75. The number of benzene rings is 1. The van der Waals surface area contributed by atoms with Crippen LogP contribution in [-0.4, -0.2) is 36.6 Å². The lowest BCUT2D eigenvalue weighted by atomic mass is 9.99. The van der Waals surface area contributed by atoms with Crippen LogP contribution in [0.3, 0.4) is 0 Å². The lowest BCUT2D eigenvalue weighted by Crippen LogP contribution is -2.35. The summed E-state index contributed by atoms with van der Waals surface area (Å²) in [6, 6.07) is 6.63. The molecule has 0 spiro atoms. The Balaban J connectivity index is 1.67. The SMILES string of the molecule is O=CC1CCN(CCSc2ccc(F)cc2)CC1. The van der Waals surface area contributed by atoms with Crippen LogP contribution in [0.1, 0.15) is 12.8 Å². The van der Waals surface area contributed by atoms with Gasteiger partial charge in [0.25, 0.3) is 0 Å². The van der Waals surface area contributed by atoms with E-state index in [1.807, 2.05) is 12.1 Å². The second kappa shape index (κ2) is 6.90. The second-order valence-electron chi connectivity index (χ2n) is 4.62. The number of likely N-dealkylation sites (tertiary alicyclic amines) is 1. The van der Waals surface area contributed by atoms with Crippen LogP contribution in [0.2, 0.25) is 0 Å². The number of halogens is 1. The maximum Gasteiger partial charge on any atom is 0.123 e. The van der Waals surface area contributed by atoms with E-state index in [2.05, 4.69) is 4.90 Å². The fourth-order valence-electron chi connectivity index (χ4n) is 2.14. The molecule has 0 radical (unpaired) electrons. The van der Waals surface area contributed by atoms with Crippen molar-refractivity contribution in [3.8, 4) is 0 Å². The second-order valence-corrected chi connectivity index (χ2v) is 5.79. The van der Waals surface area contributed by atoms with E-state index in [1.54, 1.807) is 11.8 Å². The van der Waals surface area contributed by atoms with Gasteiger partial charge in [0.2, 0.25) is 0 Å². The molecule has 2 nitrogen and oxygen atoms in total. The van der Waals surface area contributed by atoms with E-state index in [0.29, 0.717) is 0 Å². The van der Waals surface area contributed by atoms with Crippen LogP contribution in [0, 0.1) is 11.7 Å². The highest BCUT2D eigenvalue weighted by Crippen LogP contribution is 2.20. The van der Waals surface area contributed by atoms with Gasteiger partial charge in [-0.05, 0) is 50.2 Å². The molecule has 0 atom stereocenters. The lowest BCUT2D eigenvalue weighted by Gasteiger charge is -2.29. The Hall–Kier alpha value is -0.870. The number of nitrogens with zero attached hydrogens (tertiary/aromatic N) is 1. The fraction of sp³-hybridized carbons (Fsp3) is 0.500. The molecule has 1 aliphatic heterocycles. The highest BCUT2D eigenvalue weighted by molar-refractivity contribution is 7.99. The van der Waals surface area contributed by atoms with Crippen molar-refractivity contribution in [2.75, 3.05) is 25.4 Å². The van der Waals surface area contributed by atoms with Gasteiger partial charge >= 0.3 is 0 Å². The summed E-state index contributed by atoms with van der Waals surface area (Å²) in [6.07, 6.45) is 3.07. The zero-order chi connectivity index (χ0) is 12.8. The summed E-state index contributed by atoms with van der Waals surface area (Å²) in [4.78, 5) is 14.1. The van der Waals surface area contributed by atoms with E-state index in [9.17, 15) is 9.18 Å². The Kier molecular flexibility index (Phi) is 5.20. The number of carbonyl (C=O) groups is 1. The average molecular weight is 267 g/mol. The largest absolute Gasteiger partial charge is 0.303 e. The molecule has 1 aromatic carbocycles. The molecule has 0 unspecified atom stereocenters. The predicted octanol–water partition coefficient (Wildman–Crippen LogP) is 2.83. The van der Waals surface area contributed by atoms with Crippen molar-refractivity contribution in [2.24, 2.45) is 5.92 Å². The molecule has 0 saturated carbocycles. The van der Waals surface area contributed by atoms with E-state index in [1.165, 1.54) is 12.1 Å². The molecule has 1 aliphatic rings. The van der Waals surface area contributed by atoms with Gasteiger partial charge in [0, 0.05) is 23.1 Å². The van der Waals surface area contributed by atoms with E-state index in [4.69, 9.17) is 0 Å². The molecule has 0 aromatic heterocycles. The van der Waals surface area contributed by atoms with Crippen LogP contribution < -0.4 is 0 Å². The third kappa shape index (κ3) is 4.10. The first-order chi connectivity index (χ1) is 8.78. The highest BCUT2D eigenvalue weighted by Gasteiger charge is 2.17. The predicted molar refractivity (Wildman–Crippen MR) is 72.4 cm³/mol. The quantitative estimate of drug-likeness (QED) is 0.604. The molecule has 1 aromatic rings. The molecule has 1 saturated heterocycles.